The normalized spacial score (nSPS) is 21.5. The zero-order valence-corrected chi connectivity index (χ0v) is 16.3. The predicted octanol–water partition coefficient (Wildman–Crippen LogP) is 3.80. The molecule has 2 aliphatic heterocycles. The Balaban J connectivity index is 1.52. The first kappa shape index (κ1) is 18.3. The van der Waals surface area contributed by atoms with E-state index in [2.05, 4.69) is 39.2 Å². The first-order valence-electron chi connectivity index (χ1n) is 10.0. The topological polar surface area (TPSA) is 63.2 Å². The SMILES string of the molecule is Cc1nc(Nc2ncccc2C)cc([C@@H]2CCCN2CC2CCOCC2)n1. The number of aromatic nitrogens is 3. The van der Waals surface area contributed by atoms with Gasteiger partial charge in [-0.2, -0.15) is 0 Å². The quantitative estimate of drug-likeness (QED) is 0.867. The van der Waals surface area contributed by atoms with Gasteiger partial charge in [0, 0.05) is 32.0 Å². The third-order valence-electron chi connectivity index (χ3n) is 5.65. The van der Waals surface area contributed by atoms with Gasteiger partial charge in [-0.05, 0) is 63.6 Å². The van der Waals surface area contributed by atoms with Crippen LogP contribution >= 0.6 is 0 Å². The van der Waals surface area contributed by atoms with Gasteiger partial charge in [-0.25, -0.2) is 15.0 Å². The Morgan fingerprint density at radius 1 is 1.19 bits per heavy atom. The van der Waals surface area contributed by atoms with E-state index in [1.54, 1.807) is 6.20 Å². The smallest absolute Gasteiger partial charge is 0.135 e. The number of hydrogen-bond acceptors (Lipinski definition) is 6. The van der Waals surface area contributed by atoms with Gasteiger partial charge in [0.2, 0.25) is 0 Å². The van der Waals surface area contributed by atoms with Crippen molar-refractivity contribution in [2.75, 3.05) is 31.6 Å². The maximum absolute atomic E-state index is 5.52. The third-order valence-corrected chi connectivity index (χ3v) is 5.65. The lowest BCUT2D eigenvalue weighted by Gasteiger charge is -2.30. The predicted molar refractivity (Wildman–Crippen MR) is 106 cm³/mol. The first-order chi connectivity index (χ1) is 13.2. The molecule has 0 spiro atoms. The Hall–Kier alpha value is -2.05. The molecule has 0 unspecified atom stereocenters. The maximum atomic E-state index is 5.52. The number of aryl methyl sites for hydroxylation is 2. The second kappa shape index (κ2) is 8.31. The Morgan fingerprint density at radius 2 is 2.04 bits per heavy atom. The zero-order chi connectivity index (χ0) is 18.6. The van der Waals surface area contributed by atoms with Crippen molar-refractivity contribution in [3.63, 3.8) is 0 Å². The number of anilines is 2. The Bertz CT molecular complexity index is 775. The number of nitrogens with one attached hydrogen (secondary N) is 1. The van der Waals surface area contributed by atoms with E-state index >= 15 is 0 Å². The molecule has 6 heteroatoms. The molecular weight excluding hydrogens is 338 g/mol. The molecule has 2 fully saturated rings. The van der Waals surface area contributed by atoms with Gasteiger partial charge < -0.3 is 10.1 Å². The van der Waals surface area contributed by atoms with Crippen molar-refractivity contribution in [2.45, 2.75) is 45.6 Å². The van der Waals surface area contributed by atoms with E-state index in [9.17, 15) is 0 Å². The van der Waals surface area contributed by atoms with Crippen molar-refractivity contribution < 1.29 is 4.74 Å². The molecule has 0 radical (unpaired) electrons. The van der Waals surface area contributed by atoms with Crippen LogP contribution in [0.3, 0.4) is 0 Å². The molecule has 0 saturated carbocycles. The summed E-state index contributed by atoms with van der Waals surface area (Å²) in [4.78, 5) is 16.4. The number of ether oxygens (including phenoxy) is 1. The van der Waals surface area contributed by atoms with Crippen LogP contribution in [-0.2, 0) is 4.74 Å². The van der Waals surface area contributed by atoms with Crippen molar-refractivity contribution in [2.24, 2.45) is 5.92 Å². The van der Waals surface area contributed by atoms with Gasteiger partial charge in [-0.3, -0.25) is 4.90 Å². The van der Waals surface area contributed by atoms with E-state index in [1.165, 1.54) is 25.7 Å². The van der Waals surface area contributed by atoms with Crippen molar-refractivity contribution in [1.29, 1.82) is 0 Å². The van der Waals surface area contributed by atoms with Crippen LogP contribution in [0.5, 0.6) is 0 Å². The van der Waals surface area contributed by atoms with Gasteiger partial charge in [0.1, 0.15) is 17.5 Å². The summed E-state index contributed by atoms with van der Waals surface area (Å²) in [6.45, 7) is 8.15. The molecule has 1 atom stereocenters. The van der Waals surface area contributed by atoms with E-state index in [-0.39, 0.29) is 0 Å². The van der Waals surface area contributed by atoms with E-state index in [0.717, 1.165) is 60.9 Å². The van der Waals surface area contributed by atoms with Crippen LogP contribution in [0, 0.1) is 19.8 Å². The average Bonchev–Trinajstić information content (AvgIpc) is 3.12. The molecule has 0 aromatic carbocycles. The van der Waals surface area contributed by atoms with Gasteiger partial charge in [0.25, 0.3) is 0 Å². The lowest BCUT2D eigenvalue weighted by molar-refractivity contribution is 0.0504. The molecule has 0 amide bonds. The number of likely N-dealkylation sites (tertiary alicyclic amines) is 1. The van der Waals surface area contributed by atoms with Gasteiger partial charge in [-0.15, -0.1) is 0 Å². The molecule has 144 valence electrons. The standard InChI is InChI=1S/C21H29N5O/c1-15-5-3-9-22-21(15)25-20-13-18(23-16(2)24-20)19-6-4-10-26(19)14-17-7-11-27-12-8-17/h3,5,9,13,17,19H,4,6-8,10-12,14H2,1-2H3,(H,22,23,24,25)/t19-/m0/s1. The second-order valence-electron chi connectivity index (χ2n) is 7.73. The molecule has 2 aromatic heterocycles. The number of hydrogen-bond donors (Lipinski definition) is 1. The largest absolute Gasteiger partial charge is 0.381 e. The molecule has 0 aliphatic carbocycles. The highest BCUT2D eigenvalue weighted by atomic mass is 16.5. The summed E-state index contributed by atoms with van der Waals surface area (Å²) < 4.78 is 5.52. The lowest BCUT2D eigenvalue weighted by atomic mass is 9.99. The van der Waals surface area contributed by atoms with Gasteiger partial charge in [0.15, 0.2) is 0 Å². The molecule has 0 bridgehead atoms. The molecule has 1 N–H and O–H groups in total. The van der Waals surface area contributed by atoms with Crippen molar-refractivity contribution in [3.8, 4) is 0 Å². The summed E-state index contributed by atoms with van der Waals surface area (Å²) in [6.07, 6.45) is 6.56. The summed E-state index contributed by atoms with van der Waals surface area (Å²) in [5.41, 5.74) is 2.24. The molecule has 4 heterocycles. The van der Waals surface area contributed by atoms with Gasteiger partial charge in [0.05, 0.1) is 11.7 Å². The van der Waals surface area contributed by atoms with Gasteiger partial charge >= 0.3 is 0 Å². The van der Waals surface area contributed by atoms with Crippen LogP contribution in [0.1, 0.15) is 48.8 Å². The summed E-state index contributed by atoms with van der Waals surface area (Å²) in [5.74, 6) is 3.24. The highest BCUT2D eigenvalue weighted by Crippen LogP contribution is 2.34. The minimum Gasteiger partial charge on any atom is -0.381 e. The van der Waals surface area contributed by atoms with Crippen LogP contribution in [0.25, 0.3) is 0 Å². The second-order valence-corrected chi connectivity index (χ2v) is 7.73. The van der Waals surface area contributed by atoms with Crippen LogP contribution < -0.4 is 5.32 Å². The Morgan fingerprint density at radius 3 is 2.85 bits per heavy atom. The fraction of sp³-hybridized carbons (Fsp3) is 0.571. The van der Waals surface area contributed by atoms with Crippen LogP contribution in [0.15, 0.2) is 24.4 Å². The lowest BCUT2D eigenvalue weighted by Crippen LogP contribution is -2.32. The van der Waals surface area contributed by atoms with Crippen LogP contribution in [0.2, 0.25) is 0 Å². The van der Waals surface area contributed by atoms with Crippen LogP contribution in [0.4, 0.5) is 11.6 Å². The third kappa shape index (κ3) is 4.45. The summed E-state index contributed by atoms with van der Waals surface area (Å²) in [5, 5.41) is 3.38. The molecule has 4 rings (SSSR count). The zero-order valence-electron chi connectivity index (χ0n) is 16.3. The highest BCUT2D eigenvalue weighted by molar-refractivity contribution is 5.55. The monoisotopic (exact) mass is 367 g/mol. The van der Waals surface area contributed by atoms with Crippen molar-refractivity contribution in [3.05, 3.63) is 41.5 Å². The van der Waals surface area contributed by atoms with Gasteiger partial charge in [-0.1, -0.05) is 6.07 Å². The number of rotatable bonds is 5. The van der Waals surface area contributed by atoms with Crippen molar-refractivity contribution in [1.82, 2.24) is 19.9 Å². The molecular formula is C21H29N5O. The van der Waals surface area contributed by atoms with E-state index in [4.69, 9.17) is 9.72 Å². The fourth-order valence-corrected chi connectivity index (χ4v) is 4.20. The summed E-state index contributed by atoms with van der Waals surface area (Å²) >= 11 is 0. The molecule has 2 saturated heterocycles. The average molecular weight is 367 g/mol. The number of nitrogens with zero attached hydrogens (tertiary/aromatic N) is 4. The first-order valence-corrected chi connectivity index (χ1v) is 10.0. The number of pyridine rings is 1. The summed E-state index contributed by atoms with van der Waals surface area (Å²) in [7, 11) is 0. The summed E-state index contributed by atoms with van der Waals surface area (Å²) in [6, 6.07) is 6.49. The highest BCUT2D eigenvalue weighted by Gasteiger charge is 2.30. The minimum absolute atomic E-state index is 0.389. The minimum atomic E-state index is 0.389. The van der Waals surface area contributed by atoms with Crippen LogP contribution in [-0.4, -0.2) is 46.2 Å². The maximum Gasteiger partial charge on any atom is 0.135 e. The Labute approximate surface area is 161 Å². The molecule has 2 aliphatic rings. The Kier molecular flexibility index (Phi) is 5.64. The van der Waals surface area contributed by atoms with E-state index in [0.29, 0.717) is 6.04 Å². The molecule has 27 heavy (non-hydrogen) atoms. The van der Waals surface area contributed by atoms with E-state index in [1.807, 2.05) is 13.0 Å². The fourth-order valence-electron chi connectivity index (χ4n) is 4.20. The van der Waals surface area contributed by atoms with E-state index < -0.39 is 0 Å². The molecule has 6 nitrogen and oxygen atoms in total. The molecule has 2 aromatic rings. The van der Waals surface area contributed by atoms with Crippen molar-refractivity contribution >= 4 is 11.6 Å².